The first kappa shape index (κ1) is 14.1. The van der Waals surface area contributed by atoms with Gasteiger partial charge in [0.25, 0.3) is 0 Å². The van der Waals surface area contributed by atoms with Crippen LogP contribution in [0.15, 0.2) is 41.3 Å². The van der Waals surface area contributed by atoms with Gasteiger partial charge in [-0.15, -0.1) is 0 Å². The summed E-state index contributed by atoms with van der Waals surface area (Å²) in [4.78, 5) is 0.339. The molecule has 3 nitrogen and oxygen atoms in total. The smallest absolute Gasteiger partial charge is 0.124 e. The van der Waals surface area contributed by atoms with E-state index >= 15 is 0 Å². The number of ether oxygens (including phenoxy) is 1. The molecule has 0 bridgehead atoms. The van der Waals surface area contributed by atoms with Gasteiger partial charge in [0.15, 0.2) is 0 Å². The molecule has 5 heteroatoms. The molecule has 2 atom stereocenters. The van der Waals surface area contributed by atoms with Gasteiger partial charge in [-0.3, -0.25) is 4.21 Å². The largest absolute Gasteiger partial charge is 0.489 e. The Bertz CT molecular complexity index is 717. The molecule has 2 aromatic rings. The Morgan fingerprint density at radius 1 is 1.33 bits per heavy atom. The molecule has 2 aromatic carbocycles. The maximum absolute atomic E-state index is 13.3. The lowest BCUT2D eigenvalue weighted by Gasteiger charge is -2.11. The van der Waals surface area contributed by atoms with Crippen molar-refractivity contribution in [2.75, 3.05) is 11.5 Å². The van der Waals surface area contributed by atoms with Crippen molar-refractivity contribution >= 4 is 16.5 Å². The SMILES string of the molecule is Cc1ccc2c(c1)CC(CS(=O)c1cc(F)ccc1N)O2. The van der Waals surface area contributed by atoms with E-state index in [2.05, 4.69) is 6.07 Å². The van der Waals surface area contributed by atoms with E-state index in [1.807, 2.05) is 19.1 Å². The van der Waals surface area contributed by atoms with Gasteiger partial charge in [-0.25, -0.2) is 4.39 Å². The summed E-state index contributed by atoms with van der Waals surface area (Å²) in [6, 6.07) is 9.94. The van der Waals surface area contributed by atoms with Crippen molar-refractivity contribution in [2.45, 2.75) is 24.3 Å². The first-order valence-electron chi connectivity index (χ1n) is 6.72. The van der Waals surface area contributed by atoms with Crippen molar-refractivity contribution in [3.63, 3.8) is 0 Å². The Morgan fingerprint density at radius 2 is 2.14 bits per heavy atom. The highest BCUT2D eigenvalue weighted by Crippen LogP contribution is 2.30. The van der Waals surface area contributed by atoms with Gasteiger partial charge >= 0.3 is 0 Å². The number of hydrogen-bond acceptors (Lipinski definition) is 3. The zero-order chi connectivity index (χ0) is 15.0. The molecule has 0 saturated heterocycles. The van der Waals surface area contributed by atoms with Crippen LogP contribution in [0.25, 0.3) is 0 Å². The third kappa shape index (κ3) is 2.93. The van der Waals surface area contributed by atoms with Gasteiger partial charge < -0.3 is 10.5 Å². The van der Waals surface area contributed by atoms with Crippen LogP contribution in [0.5, 0.6) is 5.75 Å². The molecule has 0 radical (unpaired) electrons. The summed E-state index contributed by atoms with van der Waals surface area (Å²) < 4.78 is 31.4. The summed E-state index contributed by atoms with van der Waals surface area (Å²) in [6.07, 6.45) is 0.558. The molecular formula is C16H16FNO2S. The minimum Gasteiger partial charge on any atom is -0.489 e. The molecule has 1 aliphatic heterocycles. The molecular weight excluding hydrogens is 289 g/mol. The van der Waals surface area contributed by atoms with Gasteiger partial charge in [0.1, 0.15) is 17.7 Å². The zero-order valence-corrected chi connectivity index (χ0v) is 12.5. The maximum Gasteiger partial charge on any atom is 0.124 e. The minimum absolute atomic E-state index is 0.162. The molecule has 1 heterocycles. The summed E-state index contributed by atoms with van der Waals surface area (Å²) in [7, 11) is -1.38. The number of aryl methyl sites for hydroxylation is 1. The van der Waals surface area contributed by atoms with E-state index in [-0.39, 0.29) is 6.10 Å². The lowest BCUT2D eigenvalue weighted by molar-refractivity contribution is 0.258. The topological polar surface area (TPSA) is 52.3 Å². The van der Waals surface area contributed by atoms with E-state index in [0.29, 0.717) is 16.3 Å². The predicted molar refractivity (Wildman–Crippen MR) is 81.4 cm³/mol. The summed E-state index contributed by atoms with van der Waals surface area (Å²) in [5.74, 6) is 0.718. The number of anilines is 1. The molecule has 2 N–H and O–H groups in total. The number of fused-ring (bicyclic) bond motifs is 1. The van der Waals surface area contributed by atoms with Crippen LogP contribution in [0.2, 0.25) is 0 Å². The number of benzene rings is 2. The van der Waals surface area contributed by atoms with E-state index in [1.165, 1.54) is 23.8 Å². The molecule has 0 aliphatic carbocycles. The van der Waals surface area contributed by atoms with E-state index in [4.69, 9.17) is 10.5 Å². The number of nitrogen functional groups attached to an aromatic ring is 1. The first-order valence-corrected chi connectivity index (χ1v) is 8.04. The molecule has 3 rings (SSSR count). The van der Waals surface area contributed by atoms with Crippen LogP contribution >= 0.6 is 0 Å². The fraction of sp³-hybridized carbons (Fsp3) is 0.250. The zero-order valence-electron chi connectivity index (χ0n) is 11.6. The monoisotopic (exact) mass is 305 g/mol. The third-order valence-electron chi connectivity index (χ3n) is 3.52. The van der Waals surface area contributed by atoms with Crippen molar-refractivity contribution < 1.29 is 13.3 Å². The second-order valence-corrected chi connectivity index (χ2v) is 6.71. The Labute approximate surface area is 125 Å². The van der Waals surface area contributed by atoms with Gasteiger partial charge in [0, 0.05) is 12.1 Å². The van der Waals surface area contributed by atoms with Gasteiger partial charge in [-0.05, 0) is 36.8 Å². The van der Waals surface area contributed by atoms with Crippen LogP contribution in [-0.4, -0.2) is 16.1 Å². The van der Waals surface area contributed by atoms with Crippen LogP contribution in [0.4, 0.5) is 10.1 Å². The quantitative estimate of drug-likeness (QED) is 0.887. The molecule has 0 aromatic heterocycles. The molecule has 0 amide bonds. The molecule has 1 aliphatic rings. The Kier molecular flexibility index (Phi) is 3.68. The van der Waals surface area contributed by atoms with Gasteiger partial charge in [0.2, 0.25) is 0 Å². The van der Waals surface area contributed by atoms with Crippen LogP contribution in [0.1, 0.15) is 11.1 Å². The van der Waals surface area contributed by atoms with Crippen LogP contribution in [0, 0.1) is 12.7 Å². The lowest BCUT2D eigenvalue weighted by atomic mass is 10.1. The number of hydrogen-bond donors (Lipinski definition) is 1. The molecule has 110 valence electrons. The van der Waals surface area contributed by atoms with Gasteiger partial charge in [0.05, 0.1) is 21.4 Å². The second-order valence-electron chi connectivity index (χ2n) is 5.25. The predicted octanol–water partition coefficient (Wildman–Crippen LogP) is 2.83. The standard InChI is InChI=1S/C16H16FNO2S/c1-10-2-5-15-11(6-10)7-13(20-15)9-21(19)16-8-12(17)3-4-14(16)18/h2-6,8,13H,7,9,18H2,1H3. The minimum atomic E-state index is -1.38. The summed E-state index contributed by atoms with van der Waals surface area (Å²) in [5, 5.41) is 0. The Hall–Kier alpha value is -1.88. The van der Waals surface area contributed by atoms with Crippen molar-refractivity contribution in [3.8, 4) is 5.75 Å². The number of nitrogens with two attached hydrogens (primary N) is 1. The highest BCUT2D eigenvalue weighted by atomic mass is 32.2. The highest BCUT2D eigenvalue weighted by molar-refractivity contribution is 7.85. The van der Waals surface area contributed by atoms with Crippen molar-refractivity contribution in [1.29, 1.82) is 0 Å². The van der Waals surface area contributed by atoms with E-state index in [1.54, 1.807) is 0 Å². The van der Waals surface area contributed by atoms with Crippen LogP contribution in [-0.2, 0) is 17.2 Å². The van der Waals surface area contributed by atoms with Crippen LogP contribution in [0.3, 0.4) is 0 Å². The Morgan fingerprint density at radius 3 is 2.95 bits per heavy atom. The third-order valence-corrected chi connectivity index (χ3v) is 5.03. The van der Waals surface area contributed by atoms with Crippen molar-refractivity contribution in [1.82, 2.24) is 0 Å². The van der Waals surface area contributed by atoms with E-state index in [9.17, 15) is 8.60 Å². The molecule has 0 spiro atoms. The number of halogens is 1. The molecule has 2 unspecified atom stereocenters. The highest BCUT2D eigenvalue weighted by Gasteiger charge is 2.25. The first-order chi connectivity index (χ1) is 10.0. The van der Waals surface area contributed by atoms with Gasteiger partial charge in [-0.2, -0.15) is 0 Å². The Balaban J connectivity index is 1.74. The fourth-order valence-corrected chi connectivity index (χ4v) is 3.78. The average molecular weight is 305 g/mol. The lowest BCUT2D eigenvalue weighted by Crippen LogP contribution is -2.22. The van der Waals surface area contributed by atoms with Crippen molar-refractivity contribution in [2.24, 2.45) is 0 Å². The van der Waals surface area contributed by atoms with Crippen molar-refractivity contribution in [3.05, 3.63) is 53.3 Å². The molecule has 0 saturated carbocycles. The second kappa shape index (κ2) is 5.48. The van der Waals surface area contributed by atoms with Gasteiger partial charge in [-0.1, -0.05) is 17.7 Å². The summed E-state index contributed by atoms with van der Waals surface area (Å²) in [6.45, 7) is 2.03. The normalized spacial score (nSPS) is 18.1. The summed E-state index contributed by atoms with van der Waals surface area (Å²) >= 11 is 0. The fourth-order valence-electron chi connectivity index (χ4n) is 2.51. The van der Waals surface area contributed by atoms with Crippen LogP contribution < -0.4 is 10.5 Å². The molecule has 21 heavy (non-hydrogen) atoms. The summed E-state index contributed by atoms with van der Waals surface area (Å²) in [5.41, 5.74) is 8.42. The maximum atomic E-state index is 13.3. The number of rotatable bonds is 3. The average Bonchev–Trinajstić information content (AvgIpc) is 2.82. The van der Waals surface area contributed by atoms with E-state index < -0.39 is 16.6 Å². The van der Waals surface area contributed by atoms with E-state index in [0.717, 1.165) is 17.7 Å². The molecule has 0 fully saturated rings.